The van der Waals surface area contributed by atoms with E-state index in [-0.39, 0.29) is 31.0 Å². The monoisotopic (exact) mass is 636 g/mol. The molecule has 0 saturated carbocycles. The number of oxime groups is 2. The van der Waals surface area contributed by atoms with Crippen molar-refractivity contribution in [1.29, 1.82) is 0 Å². The van der Waals surface area contributed by atoms with Crippen molar-refractivity contribution in [1.82, 2.24) is 0 Å². The summed E-state index contributed by atoms with van der Waals surface area (Å²) in [7, 11) is -7.94. The summed E-state index contributed by atoms with van der Waals surface area (Å²) in [4.78, 5) is 0. The third-order valence-electron chi connectivity index (χ3n) is 5.52. The Morgan fingerprint density at radius 1 is 0.690 bits per heavy atom. The van der Waals surface area contributed by atoms with Gasteiger partial charge in [-0.1, -0.05) is 37.0 Å². The molecule has 2 aromatic carbocycles. The number of ether oxygens (including phenoxy) is 2. The van der Waals surface area contributed by atoms with Gasteiger partial charge in [0.2, 0.25) is 0 Å². The van der Waals surface area contributed by atoms with Gasteiger partial charge >= 0.3 is 26.4 Å². The minimum Gasteiger partial charge on any atom is -0.493 e. The number of halogens is 3. The minimum absolute atomic E-state index is 0.0984. The molecule has 15 heteroatoms. The van der Waals surface area contributed by atoms with Crippen molar-refractivity contribution >= 4 is 31.7 Å². The highest BCUT2D eigenvalue weighted by atomic mass is 32.2. The van der Waals surface area contributed by atoms with Crippen LogP contribution in [0.15, 0.2) is 58.8 Å². The first-order valence-electron chi connectivity index (χ1n) is 13.2. The Morgan fingerprint density at radius 3 is 1.55 bits per heavy atom. The maximum absolute atomic E-state index is 13.5. The van der Waals surface area contributed by atoms with E-state index in [0.29, 0.717) is 42.0 Å². The van der Waals surface area contributed by atoms with Gasteiger partial charge in [-0.25, -0.2) is 0 Å². The summed E-state index contributed by atoms with van der Waals surface area (Å²) < 4.78 is 108. The summed E-state index contributed by atoms with van der Waals surface area (Å²) in [6.45, 7) is 5.74. The fourth-order valence-electron chi connectivity index (χ4n) is 3.18. The first kappa shape index (κ1) is 34.9. The molecule has 10 nitrogen and oxygen atoms in total. The lowest BCUT2D eigenvalue weighted by Crippen LogP contribution is -2.25. The summed E-state index contributed by atoms with van der Waals surface area (Å²) in [6.07, 6.45) is -2.49. The van der Waals surface area contributed by atoms with Gasteiger partial charge in [0, 0.05) is 12.0 Å². The van der Waals surface area contributed by atoms with Crippen molar-refractivity contribution < 1.29 is 48.0 Å². The Balaban J connectivity index is 1.84. The van der Waals surface area contributed by atoms with E-state index in [9.17, 15) is 30.0 Å². The van der Waals surface area contributed by atoms with Gasteiger partial charge in [-0.15, -0.1) is 0 Å². The zero-order valence-corrected chi connectivity index (χ0v) is 25.2. The molecule has 0 fully saturated rings. The number of hydrogen-bond acceptors (Lipinski definition) is 10. The Labute approximate surface area is 244 Å². The van der Waals surface area contributed by atoms with Crippen LogP contribution in [0.3, 0.4) is 0 Å². The van der Waals surface area contributed by atoms with Crippen molar-refractivity contribution in [3.63, 3.8) is 0 Å². The number of benzene rings is 2. The number of hydrogen-bond donors (Lipinski definition) is 0. The zero-order valence-electron chi connectivity index (χ0n) is 23.6. The molecule has 0 saturated heterocycles. The van der Waals surface area contributed by atoms with Gasteiger partial charge in [0.15, 0.2) is 5.71 Å². The van der Waals surface area contributed by atoms with Gasteiger partial charge < -0.3 is 9.47 Å². The Hall–Kier alpha value is -3.33. The predicted molar refractivity (Wildman–Crippen MR) is 153 cm³/mol. The second kappa shape index (κ2) is 16.3. The average Bonchev–Trinajstić information content (AvgIpc) is 2.94. The third kappa shape index (κ3) is 12.7. The maximum Gasteiger partial charge on any atom is 0.437 e. The van der Waals surface area contributed by atoms with E-state index in [1.165, 1.54) is 12.1 Å². The molecule has 0 heterocycles. The summed E-state index contributed by atoms with van der Waals surface area (Å²) >= 11 is 0. The normalized spacial score (nSPS) is 13.1. The number of alkyl halides is 3. The molecule has 0 aliphatic rings. The van der Waals surface area contributed by atoms with E-state index in [1.807, 2.05) is 6.92 Å². The van der Waals surface area contributed by atoms with Crippen molar-refractivity contribution in [3.8, 4) is 11.5 Å². The molecular formula is C27H35F3N2O8S2. The van der Waals surface area contributed by atoms with E-state index >= 15 is 0 Å². The van der Waals surface area contributed by atoms with Crippen LogP contribution in [0.4, 0.5) is 13.2 Å². The molecule has 234 valence electrons. The van der Waals surface area contributed by atoms with Crippen molar-refractivity contribution in [2.45, 2.75) is 59.1 Å². The highest BCUT2D eigenvalue weighted by molar-refractivity contribution is 7.86. The topological polar surface area (TPSA) is 130 Å². The molecular weight excluding hydrogens is 601 g/mol. The van der Waals surface area contributed by atoms with Gasteiger partial charge in [-0.2, -0.15) is 30.0 Å². The highest BCUT2D eigenvalue weighted by Crippen LogP contribution is 2.25. The number of rotatable bonds is 18. The fraction of sp³-hybridized carbons (Fsp3) is 0.481. The molecule has 0 aliphatic heterocycles. The molecule has 2 aromatic rings. The molecule has 0 radical (unpaired) electrons. The summed E-state index contributed by atoms with van der Waals surface area (Å²) in [6, 6.07) is 11.6. The predicted octanol–water partition coefficient (Wildman–Crippen LogP) is 5.82. The van der Waals surface area contributed by atoms with Crippen LogP contribution in [-0.2, 0) is 28.8 Å². The molecule has 2 rings (SSSR count). The zero-order chi connectivity index (χ0) is 31.2. The molecule has 0 aromatic heterocycles. The van der Waals surface area contributed by atoms with Gasteiger partial charge in [0.1, 0.15) is 11.5 Å². The van der Waals surface area contributed by atoms with Crippen LogP contribution in [0.1, 0.15) is 64.0 Å². The first-order valence-corrected chi connectivity index (χ1v) is 16.4. The highest BCUT2D eigenvalue weighted by Gasteiger charge is 2.38. The van der Waals surface area contributed by atoms with Crippen molar-refractivity contribution in [2.75, 3.05) is 24.7 Å². The Kier molecular flexibility index (Phi) is 13.6. The van der Waals surface area contributed by atoms with Gasteiger partial charge in [0.25, 0.3) is 0 Å². The van der Waals surface area contributed by atoms with Crippen LogP contribution >= 0.6 is 0 Å². The number of nitrogens with zero attached hydrogens (tertiary/aromatic N) is 2. The van der Waals surface area contributed by atoms with Crippen molar-refractivity contribution in [2.24, 2.45) is 10.3 Å². The second-order valence-electron chi connectivity index (χ2n) is 9.09. The lowest BCUT2D eigenvalue weighted by Gasteiger charge is -2.12. The lowest BCUT2D eigenvalue weighted by atomic mass is 10.1. The third-order valence-corrected chi connectivity index (χ3v) is 7.70. The molecule has 42 heavy (non-hydrogen) atoms. The second-order valence-corrected chi connectivity index (χ2v) is 12.4. The van der Waals surface area contributed by atoms with Crippen molar-refractivity contribution in [3.05, 3.63) is 59.7 Å². The van der Waals surface area contributed by atoms with E-state index in [0.717, 1.165) is 18.6 Å². The van der Waals surface area contributed by atoms with Crippen LogP contribution < -0.4 is 9.47 Å². The summed E-state index contributed by atoms with van der Waals surface area (Å²) in [5.41, 5.74) is -0.806. The smallest absolute Gasteiger partial charge is 0.437 e. The van der Waals surface area contributed by atoms with E-state index in [4.69, 9.17) is 13.8 Å². The standard InChI is InChI=1S/C27H35F3N2O8S2/c1-4-6-19-41(33,34)39-31-21(3)22-9-13-24(14-10-22)37-17-8-18-38-25-15-11-23(12-16-25)26(27(28,29)30)32-40-42(35,36)20-7-5-2/h9-16H,4-8,17-20H2,1-3H3/b31-21+,32-26-. The fourth-order valence-corrected chi connectivity index (χ4v) is 5.03. The summed E-state index contributed by atoms with van der Waals surface area (Å²) in [5.74, 6) is 0.330. The van der Waals surface area contributed by atoms with E-state index in [2.05, 4.69) is 14.6 Å². The molecule has 0 amide bonds. The van der Waals surface area contributed by atoms with Crippen LogP contribution in [0, 0.1) is 0 Å². The van der Waals surface area contributed by atoms with Gasteiger partial charge in [0.05, 0.1) is 30.4 Å². The van der Waals surface area contributed by atoms with Crippen LogP contribution in [0.5, 0.6) is 11.5 Å². The maximum atomic E-state index is 13.5. The van der Waals surface area contributed by atoms with Gasteiger partial charge in [-0.3, -0.25) is 8.57 Å². The number of unbranched alkanes of at least 4 members (excludes halogenated alkanes) is 2. The lowest BCUT2D eigenvalue weighted by molar-refractivity contribution is -0.0597. The van der Waals surface area contributed by atoms with Crippen LogP contribution in [-0.4, -0.2) is 59.2 Å². The molecule has 0 aliphatic carbocycles. The van der Waals surface area contributed by atoms with Crippen LogP contribution in [0.2, 0.25) is 0 Å². The Bertz CT molecular complexity index is 1390. The quantitative estimate of drug-likeness (QED) is 0.114. The molecule has 0 spiro atoms. The molecule has 0 bridgehead atoms. The first-order chi connectivity index (χ1) is 19.8. The SMILES string of the molecule is CCCCS(=O)(=O)O/N=C(/c1ccc(OCCCOc2ccc(/C(C)=N/OS(=O)(=O)CCCC)cc2)cc1)C(F)(F)F. The van der Waals surface area contributed by atoms with E-state index < -0.39 is 37.9 Å². The molecule has 0 atom stereocenters. The molecule has 0 unspecified atom stereocenters. The van der Waals surface area contributed by atoms with Gasteiger partial charge in [-0.05, 0) is 73.9 Å². The summed E-state index contributed by atoms with van der Waals surface area (Å²) in [5, 5.41) is 6.59. The minimum atomic E-state index is -4.94. The van der Waals surface area contributed by atoms with Crippen LogP contribution in [0.25, 0.3) is 0 Å². The van der Waals surface area contributed by atoms with E-state index in [1.54, 1.807) is 38.1 Å². The molecule has 0 N–H and O–H groups in total. The Morgan fingerprint density at radius 2 is 1.12 bits per heavy atom. The largest absolute Gasteiger partial charge is 0.493 e. The average molecular weight is 637 g/mol.